The molecule has 152 valence electrons. The molecule has 1 N–H and O–H groups in total. The van der Waals surface area contributed by atoms with Gasteiger partial charge in [-0.2, -0.15) is 4.98 Å². The molecule has 10 heteroatoms. The van der Waals surface area contributed by atoms with Gasteiger partial charge >= 0.3 is 0 Å². The van der Waals surface area contributed by atoms with E-state index < -0.39 is 5.82 Å². The molecule has 1 aliphatic rings. The zero-order chi connectivity index (χ0) is 20.4. The normalized spacial score (nSPS) is 16.9. The van der Waals surface area contributed by atoms with Crippen LogP contribution in [0.5, 0.6) is 0 Å². The number of carbonyl (C=O) groups excluding carboxylic acids is 1. The molecule has 0 saturated carbocycles. The third-order valence-corrected chi connectivity index (χ3v) is 7.09. The van der Waals surface area contributed by atoms with Crippen molar-refractivity contribution in [2.75, 3.05) is 29.1 Å². The van der Waals surface area contributed by atoms with E-state index in [1.54, 1.807) is 11.3 Å². The Balaban J connectivity index is 1.45. The molecule has 3 heterocycles. The lowest BCUT2D eigenvalue weighted by atomic mass is 10.0. The summed E-state index contributed by atoms with van der Waals surface area (Å²) in [6.45, 7) is 4.24. The van der Waals surface area contributed by atoms with E-state index in [9.17, 15) is 9.18 Å². The molecule has 1 saturated heterocycles. The molecule has 4 rings (SSSR count). The van der Waals surface area contributed by atoms with E-state index in [1.165, 1.54) is 42.7 Å². The maximum Gasteiger partial charge on any atom is 0.234 e. The Morgan fingerprint density at radius 3 is 3.10 bits per heavy atom. The number of aromatic nitrogens is 3. The van der Waals surface area contributed by atoms with Crippen molar-refractivity contribution in [3.8, 4) is 0 Å². The Morgan fingerprint density at radius 1 is 1.45 bits per heavy atom. The van der Waals surface area contributed by atoms with Crippen LogP contribution in [0.25, 0.3) is 10.3 Å². The molecule has 1 aromatic carbocycles. The van der Waals surface area contributed by atoms with E-state index in [0.717, 1.165) is 29.3 Å². The predicted molar refractivity (Wildman–Crippen MR) is 117 cm³/mol. The van der Waals surface area contributed by atoms with Gasteiger partial charge in [-0.15, -0.1) is 0 Å². The Kier molecular flexibility index (Phi) is 6.17. The number of rotatable bonds is 5. The number of hydrogen-bond acceptors (Lipinski definition) is 7. The Morgan fingerprint density at radius 2 is 2.31 bits per heavy atom. The molecule has 0 radical (unpaired) electrons. The standard InChI is InChI=1S/C19H19ClFN5OS2/c1-11-3-2-6-26(8-11)19-25-17-16(29-19)18(23-10-22-17)28-9-15(27)24-14-5-4-12(20)7-13(14)21/h4-5,7,10-11H,2-3,6,8-9H2,1H3,(H,24,27)/t11-/m0/s1. The van der Waals surface area contributed by atoms with Crippen molar-refractivity contribution in [1.29, 1.82) is 0 Å². The van der Waals surface area contributed by atoms with Crippen LogP contribution in [0.1, 0.15) is 19.8 Å². The van der Waals surface area contributed by atoms with Crippen LogP contribution in [0.2, 0.25) is 5.02 Å². The predicted octanol–water partition coefficient (Wildman–Crippen LogP) is 4.85. The van der Waals surface area contributed by atoms with Gasteiger partial charge in [-0.25, -0.2) is 14.4 Å². The Labute approximate surface area is 180 Å². The summed E-state index contributed by atoms with van der Waals surface area (Å²) < 4.78 is 14.7. The number of piperidine rings is 1. The van der Waals surface area contributed by atoms with Crippen molar-refractivity contribution in [3.63, 3.8) is 0 Å². The van der Waals surface area contributed by atoms with E-state index >= 15 is 0 Å². The summed E-state index contributed by atoms with van der Waals surface area (Å²) in [5.74, 6) is -0.143. The zero-order valence-electron chi connectivity index (χ0n) is 15.7. The highest BCUT2D eigenvalue weighted by Crippen LogP contribution is 2.35. The van der Waals surface area contributed by atoms with E-state index in [1.807, 2.05) is 0 Å². The molecule has 0 aliphatic carbocycles. The smallest absolute Gasteiger partial charge is 0.234 e. The van der Waals surface area contributed by atoms with Gasteiger partial charge in [0.2, 0.25) is 5.91 Å². The van der Waals surface area contributed by atoms with Crippen LogP contribution in [0.4, 0.5) is 15.2 Å². The highest BCUT2D eigenvalue weighted by molar-refractivity contribution is 8.00. The van der Waals surface area contributed by atoms with Crippen molar-refractivity contribution in [1.82, 2.24) is 15.0 Å². The molecule has 3 aromatic rings. The Bertz CT molecular complexity index is 1050. The van der Waals surface area contributed by atoms with E-state index in [0.29, 0.717) is 16.6 Å². The molecular formula is C19H19ClFN5OS2. The molecule has 6 nitrogen and oxygen atoms in total. The number of fused-ring (bicyclic) bond motifs is 1. The van der Waals surface area contributed by atoms with Crippen LogP contribution in [0.15, 0.2) is 29.6 Å². The highest BCUT2D eigenvalue weighted by Gasteiger charge is 2.21. The van der Waals surface area contributed by atoms with Gasteiger partial charge in [0.25, 0.3) is 0 Å². The summed E-state index contributed by atoms with van der Waals surface area (Å²) in [5, 5.41) is 4.49. The fourth-order valence-corrected chi connectivity index (χ4v) is 5.32. The number of nitrogens with one attached hydrogen (secondary N) is 1. The number of amides is 1. The van der Waals surface area contributed by atoms with Gasteiger partial charge in [0.1, 0.15) is 21.9 Å². The molecule has 0 bridgehead atoms. The minimum atomic E-state index is -0.567. The van der Waals surface area contributed by atoms with E-state index in [4.69, 9.17) is 11.6 Å². The summed E-state index contributed by atoms with van der Waals surface area (Å²) >= 11 is 8.58. The van der Waals surface area contributed by atoms with Crippen LogP contribution < -0.4 is 10.2 Å². The second-order valence-electron chi connectivity index (χ2n) is 6.98. The second kappa shape index (κ2) is 8.81. The lowest BCUT2D eigenvalue weighted by Gasteiger charge is -2.30. The summed E-state index contributed by atoms with van der Waals surface area (Å²) in [6, 6.07) is 4.14. The first-order chi connectivity index (χ1) is 14.0. The van der Waals surface area contributed by atoms with Crippen LogP contribution in [0, 0.1) is 11.7 Å². The number of thiazole rings is 1. The van der Waals surface area contributed by atoms with Gasteiger partial charge < -0.3 is 10.2 Å². The number of halogens is 2. The third-order valence-electron chi connectivity index (χ3n) is 4.62. The minimum Gasteiger partial charge on any atom is -0.348 e. The summed E-state index contributed by atoms with van der Waals surface area (Å²) in [4.78, 5) is 27.8. The highest BCUT2D eigenvalue weighted by atomic mass is 35.5. The van der Waals surface area contributed by atoms with Gasteiger partial charge in [-0.05, 0) is 37.0 Å². The van der Waals surface area contributed by atoms with E-state index in [2.05, 4.69) is 32.1 Å². The summed E-state index contributed by atoms with van der Waals surface area (Å²) in [5.41, 5.74) is 0.747. The largest absolute Gasteiger partial charge is 0.348 e. The average molecular weight is 452 g/mol. The van der Waals surface area contributed by atoms with Crippen molar-refractivity contribution in [3.05, 3.63) is 35.4 Å². The lowest BCUT2D eigenvalue weighted by molar-refractivity contribution is -0.113. The van der Waals surface area contributed by atoms with Crippen LogP contribution in [-0.4, -0.2) is 39.7 Å². The quantitative estimate of drug-likeness (QED) is 0.442. The molecule has 0 unspecified atom stereocenters. The van der Waals surface area contributed by atoms with Gasteiger partial charge in [0.05, 0.1) is 11.4 Å². The summed E-state index contributed by atoms with van der Waals surface area (Å²) in [7, 11) is 0. The molecule has 0 spiro atoms. The molecule has 2 aromatic heterocycles. The SMILES string of the molecule is C[C@H]1CCCN(c2nc3ncnc(SCC(=O)Nc4ccc(Cl)cc4F)c3s2)C1. The monoisotopic (exact) mass is 451 g/mol. The number of nitrogens with zero attached hydrogens (tertiary/aromatic N) is 4. The maximum absolute atomic E-state index is 13.9. The van der Waals surface area contributed by atoms with Crippen molar-refractivity contribution < 1.29 is 9.18 Å². The van der Waals surface area contributed by atoms with Crippen molar-refractivity contribution >= 4 is 61.8 Å². The average Bonchev–Trinajstić information content (AvgIpc) is 3.13. The fourth-order valence-electron chi connectivity index (χ4n) is 3.23. The first-order valence-electron chi connectivity index (χ1n) is 9.24. The lowest BCUT2D eigenvalue weighted by Crippen LogP contribution is -2.34. The van der Waals surface area contributed by atoms with Gasteiger partial charge in [0.15, 0.2) is 10.8 Å². The topological polar surface area (TPSA) is 71.0 Å². The number of benzene rings is 1. The number of carbonyl (C=O) groups is 1. The van der Waals surface area contributed by atoms with Crippen LogP contribution in [-0.2, 0) is 4.79 Å². The number of hydrogen-bond donors (Lipinski definition) is 1. The molecule has 1 fully saturated rings. The summed E-state index contributed by atoms with van der Waals surface area (Å²) in [6.07, 6.45) is 3.86. The molecule has 1 aliphatic heterocycles. The van der Waals surface area contributed by atoms with Gasteiger partial charge in [0, 0.05) is 18.1 Å². The molecule has 1 amide bonds. The van der Waals surface area contributed by atoms with E-state index in [-0.39, 0.29) is 22.4 Å². The first-order valence-corrected chi connectivity index (χ1v) is 11.4. The second-order valence-corrected chi connectivity index (χ2v) is 9.36. The van der Waals surface area contributed by atoms with Gasteiger partial charge in [-0.3, -0.25) is 4.79 Å². The molecule has 1 atom stereocenters. The Hall–Kier alpha value is -1.97. The number of thioether (sulfide) groups is 1. The maximum atomic E-state index is 13.9. The zero-order valence-corrected chi connectivity index (χ0v) is 18.1. The van der Waals surface area contributed by atoms with Crippen LogP contribution in [0.3, 0.4) is 0 Å². The van der Waals surface area contributed by atoms with Crippen molar-refractivity contribution in [2.24, 2.45) is 5.92 Å². The van der Waals surface area contributed by atoms with Gasteiger partial charge in [-0.1, -0.05) is 41.6 Å². The van der Waals surface area contributed by atoms with Crippen molar-refractivity contribution in [2.45, 2.75) is 24.8 Å². The minimum absolute atomic E-state index is 0.0994. The third kappa shape index (κ3) is 4.79. The number of anilines is 2. The van der Waals surface area contributed by atoms with Crippen LogP contribution >= 0.6 is 34.7 Å². The molecular weight excluding hydrogens is 433 g/mol. The first kappa shape index (κ1) is 20.3. The fraction of sp³-hybridized carbons (Fsp3) is 0.368. The molecule has 29 heavy (non-hydrogen) atoms.